The van der Waals surface area contributed by atoms with Gasteiger partial charge >= 0.3 is 0 Å². The van der Waals surface area contributed by atoms with Gasteiger partial charge in [0.2, 0.25) is 5.88 Å². The second kappa shape index (κ2) is 8.12. The number of nitrogens with one attached hydrogen (secondary N) is 1. The van der Waals surface area contributed by atoms with E-state index in [0.29, 0.717) is 29.6 Å². The van der Waals surface area contributed by atoms with Gasteiger partial charge < -0.3 is 19.6 Å². The summed E-state index contributed by atoms with van der Waals surface area (Å²) in [6.07, 6.45) is 7.62. The number of nitrogens with zero attached hydrogens (tertiary/aromatic N) is 4. The van der Waals surface area contributed by atoms with Gasteiger partial charge in [0.15, 0.2) is 6.17 Å². The second-order valence-corrected chi connectivity index (χ2v) is 8.84. The molecule has 0 amide bonds. The lowest BCUT2D eigenvalue weighted by atomic mass is 9.84. The highest BCUT2D eigenvalue weighted by Crippen LogP contribution is 2.34. The van der Waals surface area contributed by atoms with Crippen molar-refractivity contribution in [2.45, 2.75) is 50.0 Å². The Morgan fingerprint density at radius 1 is 1.06 bits per heavy atom. The average Bonchev–Trinajstić information content (AvgIpc) is 3.31. The Labute approximate surface area is 190 Å². The molecular formula is C25H24FN5O2. The lowest BCUT2D eigenvalue weighted by Crippen LogP contribution is -2.59. The van der Waals surface area contributed by atoms with E-state index in [0.717, 1.165) is 36.0 Å². The first-order valence-electron chi connectivity index (χ1n) is 11.3. The van der Waals surface area contributed by atoms with Crippen molar-refractivity contribution in [1.29, 1.82) is 0 Å². The van der Waals surface area contributed by atoms with E-state index in [4.69, 9.17) is 4.74 Å². The third kappa shape index (κ3) is 3.80. The van der Waals surface area contributed by atoms with Gasteiger partial charge in [0.05, 0.1) is 5.69 Å². The van der Waals surface area contributed by atoms with E-state index < -0.39 is 12.3 Å². The Kier molecular flexibility index (Phi) is 4.95. The van der Waals surface area contributed by atoms with Crippen molar-refractivity contribution in [2.24, 2.45) is 0 Å². The molecule has 4 aromatic rings. The number of fused-ring (bicyclic) bond motifs is 3. The maximum absolute atomic E-state index is 14.8. The highest BCUT2D eigenvalue weighted by Gasteiger charge is 2.41. The Bertz CT molecular complexity index is 1290. The van der Waals surface area contributed by atoms with Gasteiger partial charge in [0.25, 0.3) is 0 Å². The summed E-state index contributed by atoms with van der Waals surface area (Å²) in [6, 6.07) is 13.0. The van der Waals surface area contributed by atoms with Crippen molar-refractivity contribution in [3.63, 3.8) is 0 Å². The van der Waals surface area contributed by atoms with Crippen molar-refractivity contribution < 1.29 is 14.2 Å². The number of alkyl halides is 1. The molecule has 168 valence electrons. The molecule has 2 saturated heterocycles. The number of aromatic hydroxyl groups is 1. The number of halogens is 1. The third-order valence-corrected chi connectivity index (χ3v) is 6.68. The first-order valence-corrected chi connectivity index (χ1v) is 11.3. The molecule has 8 heteroatoms. The Hall–Kier alpha value is -3.52. The van der Waals surface area contributed by atoms with Gasteiger partial charge in [0, 0.05) is 48.7 Å². The molecule has 7 nitrogen and oxygen atoms in total. The summed E-state index contributed by atoms with van der Waals surface area (Å²) in [5, 5.41) is 22.4. The van der Waals surface area contributed by atoms with Gasteiger partial charge in [-0.2, -0.15) is 0 Å². The van der Waals surface area contributed by atoms with Gasteiger partial charge in [0.1, 0.15) is 17.5 Å². The molecule has 2 bridgehead atoms. The zero-order chi connectivity index (χ0) is 22.4. The maximum atomic E-state index is 14.8. The number of ether oxygens (including phenoxy) is 1. The lowest BCUT2D eigenvalue weighted by Gasteiger charge is -2.42. The normalized spacial score (nSPS) is 24.6. The van der Waals surface area contributed by atoms with Gasteiger partial charge in [-0.15, -0.1) is 10.2 Å². The quantitative estimate of drug-likeness (QED) is 0.491. The van der Waals surface area contributed by atoms with Crippen LogP contribution in [0.5, 0.6) is 11.6 Å². The van der Waals surface area contributed by atoms with Crippen molar-refractivity contribution in [1.82, 2.24) is 24.9 Å². The number of hydrogen-bond acceptors (Lipinski definition) is 6. The highest BCUT2D eigenvalue weighted by molar-refractivity contribution is 5.74. The van der Waals surface area contributed by atoms with E-state index in [1.807, 2.05) is 41.1 Å². The second-order valence-electron chi connectivity index (χ2n) is 8.84. The number of pyridine rings is 1. The SMILES string of the molecule is Oc1cc(-c2ccc3nccn3c2)ccc1-c1ccc(O[C@H]2C[C@@H]3CCC[C@@H](N3)[C@H]2F)nn1. The number of benzene rings is 1. The summed E-state index contributed by atoms with van der Waals surface area (Å²) < 4.78 is 22.6. The fourth-order valence-electron chi connectivity index (χ4n) is 4.97. The monoisotopic (exact) mass is 445 g/mol. The third-order valence-electron chi connectivity index (χ3n) is 6.68. The maximum Gasteiger partial charge on any atom is 0.233 e. The standard InChI is InChI=1S/C25H24FN5O2/c26-25-20-3-1-2-17(28-20)13-22(25)33-24-9-7-19(29-30-24)18-6-4-15(12-21(18)32)16-5-8-23-27-10-11-31(23)14-16/h4-12,14,17,20,22,25,28,32H,1-3,13H2/t17-,20+,22-,25+/m0/s1. The minimum absolute atomic E-state index is 0.108. The van der Waals surface area contributed by atoms with Crippen LogP contribution >= 0.6 is 0 Å². The van der Waals surface area contributed by atoms with Gasteiger partial charge in [-0.3, -0.25) is 0 Å². The molecule has 4 atom stereocenters. The first kappa shape index (κ1) is 20.1. The molecule has 0 radical (unpaired) electrons. The van der Waals surface area contributed by atoms with Crippen LogP contribution in [0.4, 0.5) is 4.39 Å². The molecule has 33 heavy (non-hydrogen) atoms. The van der Waals surface area contributed by atoms with Crippen molar-refractivity contribution in [3.8, 4) is 34.0 Å². The molecule has 2 aliphatic heterocycles. The Balaban J connectivity index is 1.20. The van der Waals surface area contributed by atoms with E-state index in [1.165, 1.54) is 0 Å². The van der Waals surface area contributed by atoms with Crippen LogP contribution in [0.2, 0.25) is 0 Å². The molecule has 2 fully saturated rings. The number of aromatic nitrogens is 4. The highest BCUT2D eigenvalue weighted by atomic mass is 19.1. The number of piperidine rings is 2. The zero-order valence-corrected chi connectivity index (χ0v) is 17.9. The molecule has 1 aromatic carbocycles. The van der Waals surface area contributed by atoms with Crippen molar-refractivity contribution in [3.05, 3.63) is 61.1 Å². The van der Waals surface area contributed by atoms with E-state index in [2.05, 4.69) is 20.5 Å². The van der Waals surface area contributed by atoms with Gasteiger partial charge in [-0.1, -0.05) is 12.5 Å². The number of rotatable bonds is 4. The average molecular weight is 445 g/mol. The molecule has 0 spiro atoms. The Morgan fingerprint density at radius 2 is 1.97 bits per heavy atom. The number of imidazole rings is 1. The molecular weight excluding hydrogens is 421 g/mol. The predicted molar refractivity (Wildman–Crippen MR) is 122 cm³/mol. The van der Waals surface area contributed by atoms with Gasteiger partial charge in [-0.05, 0) is 54.3 Å². The van der Waals surface area contributed by atoms with Crippen LogP contribution in [0.1, 0.15) is 25.7 Å². The fraction of sp³-hybridized carbons (Fsp3) is 0.320. The van der Waals surface area contributed by atoms with E-state index in [9.17, 15) is 9.50 Å². The molecule has 2 aliphatic rings. The van der Waals surface area contributed by atoms with E-state index in [-0.39, 0.29) is 11.8 Å². The van der Waals surface area contributed by atoms with Crippen molar-refractivity contribution in [2.75, 3.05) is 0 Å². The zero-order valence-electron chi connectivity index (χ0n) is 17.9. The van der Waals surface area contributed by atoms with E-state index in [1.54, 1.807) is 24.4 Å². The summed E-state index contributed by atoms with van der Waals surface area (Å²) in [6.45, 7) is 0. The minimum Gasteiger partial charge on any atom is -0.507 e. The van der Waals surface area contributed by atoms with Crippen LogP contribution in [-0.4, -0.2) is 49.0 Å². The molecule has 0 saturated carbocycles. The van der Waals surface area contributed by atoms with Crippen LogP contribution in [0.25, 0.3) is 28.0 Å². The fourth-order valence-corrected chi connectivity index (χ4v) is 4.97. The van der Waals surface area contributed by atoms with Crippen LogP contribution in [0.3, 0.4) is 0 Å². The number of phenols is 1. The summed E-state index contributed by atoms with van der Waals surface area (Å²) in [5.41, 5.74) is 3.80. The molecule has 0 unspecified atom stereocenters. The largest absolute Gasteiger partial charge is 0.507 e. The summed E-state index contributed by atoms with van der Waals surface area (Å²) in [7, 11) is 0. The van der Waals surface area contributed by atoms with E-state index >= 15 is 0 Å². The summed E-state index contributed by atoms with van der Waals surface area (Å²) >= 11 is 0. The topological polar surface area (TPSA) is 84.6 Å². The molecule has 6 rings (SSSR count). The van der Waals surface area contributed by atoms with Crippen LogP contribution in [-0.2, 0) is 0 Å². The molecule has 3 aromatic heterocycles. The molecule has 0 aliphatic carbocycles. The first-order chi connectivity index (χ1) is 16.1. The molecule has 2 N–H and O–H groups in total. The molecule has 5 heterocycles. The smallest absolute Gasteiger partial charge is 0.233 e. The van der Waals surface area contributed by atoms with Gasteiger partial charge in [-0.25, -0.2) is 9.37 Å². The lowest BCUT2D eigenvalue weighted by molar-refractivity contribution is 0.00652. The summed E-state index contributed by atoms with van der Waals surface area (Å²) in [4.78, 5) is 4.25. The summed E-state index contributed by atoms with van der Waals surface area (Å²) in [5.74, 6) is 0.410. The van der Waals surface area contributed by atoms with Crippen LogP contribution in [0.15, 0.2) is 61.1 Å². The van der Waals surface area contributed by atoms with Crippen LogP contribution in [0, 0.1) is 0 Å². The predicted octanol–water partition coefficient (Wildman–Crippen LogP) is 4.16. The van der Waals surface area contributed by atoms with Crippen molar-refractivity contribution >= 4 is 5.65 Å². The number of phenolic OH excluding ortho intramolecular Hbond substituents is 1. The Morgan fingerprint density at radius 3 is 2.82 bits per heavy atom. The van der Waals surface area contributed by atoms with Crippen LogP contribution < -0.4 is 10.1 Å². The minimum atomic E-state index is -1.05. The number of hydrogen-bond donors (Lipinski definition) is 2.